The number of benzene rings is 3. The van der Waals surface area contributed by atoms with Gasteiger partial charge in [0.05, 0.1) is 0 Å². The highest BCUT2D eigenvalue weighted by atomic mass is 28.3. The summed E-state index contributed by atoms with van der Waals surface area (Å²) >= 11 is 0. The van der Waals surface area contributed by atoms with Crippen LogP contribution in [0.3, 0.4) is 0 Å². The first-order valence-electron chi connectivity index (χ1n) is 13.2. The van der Waals surface area contributed by atoms with Gasteiger partial charge < -0.3 is 10.1 Å². The summed E-state index contributed by atoms with van der Waals surface area (Å²) in [6.07, 6.45) is 5.85. The molecular weight excluding hydrogens is 470 g/mol. The largest absolute Gasteiger partial charge is 0.355 e. The van der Waals surface area contributed by atoms with Gasteiger partial charge in [0, 0.05) is 5.69 Å². The van der Waals surface area contributed by atoms with Crippen LogP contribution in [0, 0.1) is 0 Å². The van der Waals surface area contributed by atoms with Crippen LogP contribution in [-0.2, 0) is 9.53 Å². The fraction of sp³-hybridized carbons (Fsp3) is 0.303. The van der Waals surface area contributed by atoms with E-state index in [-0.39, 0.29) is 17.0 Å². The molecule has 3 aromatic rings. The standard InChI is InChI=1S/C33H39NO2Si/c1-25(2)17-15-16-24-29(30-31(36-30)32(35)34-26-18-9-6-10-19-26)37(33(3,4)5,27-20-11-7-12-21-27)28-22-13-8-14-23-28/h6-14,17-24,30-31H,15-16H2,1-5H3,(H,34,35)/b29-24+/t30-,31+/m0/s1. The molecule has 0 aliphatic carbocycles. The molecule has 4 rings (SSSR count). The molecule has 0 unspecified atom stereocenters. The topological polar surface area (TPSA) is 41.6 Å². The van der Waals surface area contributed by atoms with Crippen LogP contribution in [0.4, 0.5) is 5.69 Å². The van der Waals surface area contributed by atoms with Gasteiger partial charge in [-0.1, -0.05) is 117 Å². The molecule has 1 N–H and O–H groups in total. The molecule has 1 aliphatic rings. The number of allylic oxidation sites excluding steroid dienone is 3. The average Bonchev–Trinajstić information content (AvgIpc) is 3.68. The number of rotatable bonds is 9. The van der Waals surface area contributed by atoms with Crippen molar-refractivity contribution in [3.63, 3.8) is 0 Å². The van der Waals surface area contributed by atoms with Gasteiger partial charge in [0.1, 0.15) is 6.10 Å². The quantitative estimate of drug-likeness (QED) is 0.152. The normalized spacial score (nSPS) is 17.7. The summed E-state index contributed by atoms with van der Waals surface area (Å²) in [4.78, 5) is 13.3. The Morgan fingerprint density at radius 3 is 1.76 bits per heavy atom. The van der Waals surface area contributed by atoms with Crippen molar-refractivity contribution in [2.24, 2.45) is 0 Å². The van der Waals surface area contributed by atoms with Crippen molar-refractivity contribution in [1.29, 1.82) is 0 Å². The van der Waals surface area contributed by atoms with Crippen molar-refractivity contribution in [1.82, 2.24) is 0 Å². The molecule has 3 aromatic carbocycles. The first-order valence-corrected chi connectivity index (χ1v) is 15.2. The minimum Gasteiger partial charge on any atom is -0.355 e. The van der Waals surface area contributed by atoms with Gasteiger partial charge in [-0.15, -0.1) is 0 Å². The number of amides is 1. The van der Waals surface area contributed by atoms with Crippen molar-refractivity contribution in [2.45, 2.75) is 64.7 Å². The molecule has 1 fully saturated rings. The zero-order chi connectivity index (χ0) is 26.5. The zero-order valence-corrected chi connectivity index (χ0v) is 23.7. The Morgan fingerprint density at radius 1 is 0.784 bits per heavy atom. The van der Waals surface area contributed by atoms with Gasteiger partial charge >= 0.3 is 0 Å². The van der Waals surface area contributed by atoms with Gasteiger partial charge in [-0.2, -0.15) is 0 Å². The summed E-state index contributed by atoms with van der Waals surface area (Å²) in [5.41, 5.74) is 2.12. The van der Waals surface area contributed by atoms with E-state index in [0.717, 1.165) is 18.5 Å². The molecule has 2 atom stereocenters. The van der Waals surface area contributed by atoms with Crippen molar-refractivity contribution in [2.75, 3.05) is 5.32 Å². The molecular formula is C33H39NO2Si. The number of hydrogen-bond donors (Lipinski definition) is 1. The minimum atomic E-state index is -2.60. The maximum absolute atomic E-state index is 13.3. The summed E-state index contributed by atoms with van der Waals surface area (Å²) in [5.74, 6) is -0.0793. The Bertz CT molecular complexity index is 1200. The van der Waals surface area contributed by atoms with Crippen LogP contribution >= 0.6 is 0 Å². The number of anilines is 1. The van der Waals surface area contributed by atoms with Gasteiger partial charge in [0.25, 0.3) is 5.91 Å². The van der Waals surface area contributed by atoms with Crippen LogP contribution in [0.2, 0.25) is 5.04 Å². The van der Waals surface area contributed by atoms with E-state index in [0.29, 0.717) is 0 Å². The molecule has 0 bridgehead atoms. The fourth-order valence-electron chi connectivity index (χ4n) is 5.55. The third kappa shape index (κ3) is 5.87. The second kappa shape index (κ2) is 11.5. The number of carbonyl (C=O) groups is 1. The number of ether oxygens (including phenoxy) is 1. The van der Waals surface area contributed by atoms with Gasteiger partial charge in [0.2, 0.25) is 0 Å². The SMILES string of the molecule is CC(C)=CCC/C=C(\[C@@H]1O[C@H]1C(=O)Nc1ccccc1)[Si](c1ccccc1)(c1ccccc1)C(C)(C)C. The summed E-state index contributed by atoms with van der Waals surface area (Å²) in [6, 6.07) is 31.4. The molecule has 0 aromatic heterocycles. The number of para-hydroxylation sites is 1. The van der Waals surface area contributed by atoms with Crippen LogP contribution in [0.15, 0.2) is 114 Å². The van der Waals surface area contributed by atoms with E-state index in [1.807, 2.05) is 30.3 Å². The van der Waals surface area contributed by atoms with Gasteiger partial charge in [-0.3, -0.25) is 4.79 Å². The zero-order valence-electron chi connectivity index (χ0n) is 22.7. The fourth-order valence-corrected chi connectivity index (χ4v) is 11.6. The van der Waals surface area contributed by atoms with Crippen LogP contribution in [0.25, 0.3) is 0 Å². The lowest BCUT2D eigenvalue weighted by atomic mass is 10.2. The summed E-state index contributed by atoms with van der Waals surface area (Å²) < 4.78 is 6.27. The lowest BCUT2D eigenvalue weighted by Crippen LogP contribution is -2.67. The highest BCUT2D eigenvalue weighted by molar-refractivity contribution is 7.09. The molecule has 37 heavy (non-hydrogen) atoms. The van der Waals surface area contributed by atoms with E-state index in [4.69, 9.17) is 4.74 Å². The Balaban J connectivity index is 1.82. The number of carbonyl (C=O) groups excluding carboxylic acids is 1. The summed E-state index contributed by atoms with van der Waals surface area (Å²) in [6.45, 7) is 11.3. The maximum Gasteiger partial charge on any atom is 0.256 e. The Labute approximate surface area is 223 Å². The highest BCUT2D eigenvalue weighted by Gasteiger charge is 2.59. The lowest BCUT2D eigenvalue weighted by molar-refractivity contribution is -0.117. The third-order valence-corrected chi connectivity index (χ3v) is 13.2. The predicted molar refractivity (Wildman–Crippen MR) is 158 cm³/mol. The predicted octanol–water partition coefficient (Wildman–Crippen LogP) is 6.67. The number of epoxide rings is 1. The van der Waals surface area contributed by atoms with Crippen LogP contribution in [-0.4, -0.2) is 26.2 Å². The molecule has 0 spiro atoms. The van der Waals surface area contributed by atoms with E-state index < -0.39 is 14.2 Å². The molecule has 1 saturated heterocycles. The number of hydrogen-bond acceptors (Lipinski definition) is 2. The Kier molecular flexibility index (Phi) is 8.31. The van der Waals surface area contributed by atoms with Crippen molar-refractivity contribution in [3.05, 3.63) is 114 Å². The molecule has 4 heteroatoms. The monoisotopic (exact) mass is 509 g/mol. The number of unbranched alkanes of at least 4 members (excludes halogenated alkanes) is 1. The first-order chi connectivity index (χ1) is 17.7. The molecule has 3 nitrogen and oxygen atoms in total. The molecule has 1 aliphatic heterocycles. The van der Waals surface area contributed by atoms with Crippen LogP contribution < -0.4 is 15.7 Å². The lowest BCUT2D eigenvalue weighted by Gasteiger charge is -2.46. The third-order valence-electron chi connectivity index (χ3n) is 7.15. The smallest absolute Gasteiger partial charge is 0.256 e. The van der Waals surface area contributed by atoms with Gasteiger partial charge in [-0.25, -0.2) is 0 Å². The van der Waals surface area contributed by atoms with Crippen LogP contribution in [0.1, 0.15) is 47.5 Å². The van der Waals surface area contributed by atoms with E-state index >= 15 is 0 Å². The van der Waals surface area contributed by atoms with Crippen LogP contribution in [0.5, 0.6) is 0 Å². The van der Waals surface area contributed by atoms with Crippen molar-refractivity contribution >= 4 is 30.0 Å². The molecule has 192 valence electrons. The van der Waals surface area contributed by atoms with E-state index in [2.05, 4.69) is 113 Å². The van der Waals surface area contributed by atoms with Gasteiger partial charge in [-0.05, 0) is 59.4 Å². The van der Waals surface area contributed by atoms with Crippen molar-refractivity contribution in [3.8, 4) is 0 Å². The highest BCUT2D eigenvalue weighted by Crippen LogP contribution is 2.46. The van der Waals surface area contributed by atoms with E-state index in [1.54, 1.807) is 0 Å². The van der Waals surface area contributed by atoms with Gasteiger partial charge in [0.15, 0.2) is 14.2 Å². The molecule has 1 amide bonds. The maximum atomic E-state index is 13.3. The second-order valence-corrected chi connectivity index (χ2v) is 15.8. The van der Waals surface area contributed by atoms with E-state index in [1.165, 1.54) is 21.1 Å². The summed E-state index contributed by atoms with van der Waals surface area (Å²) in [5, 5.41) is 6.98. The average molecular weight is 510 g/mol. The Morgan fingerprint density at radius 2 is 1.27 bits per heavy atom. The molecule has 1 heterocycles. The minimum absolute atomic E-state index is 0.0650. The molecule has 0 radical (unpaired) electrons. The first kappa shape index (κ1) is 26.8. The second-order valence-electron chi connectivity index (χ2n) is 11.1. The number of nitrogens with one attached hydrogen (secondary N) is 1. The summed E-state index contributed by atoms with van der Waals surface area (Å²) in [7, 11) is -2.60. The van der Waals surface area contributed by atoms with Crippen molar-refractivity contribution < 1.29 is 9.53 Å². The molecule has 0 saturated carbocycles. The van der Waals surface area contributed by atoms with E-state index in [9.17, 15) is 4.79 Å². The Hall–Kier alpha value is -3.21.